The number of para-hydroxylation sites is 4. The molecule has 8 aromatic carbocycles. The van der Waals surface area contributed by atoms with Crippen molar-refractivity contribution in [1.29, 1.82) is 0 Å². The molecule has 6 heteroatoms. The molecule has 2 fully saturated rings. The van der Waals surface area contributed by atoms with E-state index in [1.165, 1.54) is 89.9 Å². The Balaban J connectivity index is 0.954. The molecule has 0 bridgehead atoms. The van der Waals surface area contributed by atoms with Crippen molar-refractivity contribution in [3.05, 3.63) is 226 Å². The van der Waals surface area contributed by atoms with Crippen LogP contribution in [0.2, 0.25) is 0 Å². The van der Waals surface area contributed by atoms with Crippen LogP contribution < -0.4 is 19.3 Å². The summed E-state index contributed by atoms with van der Waals surface area (Å²) in [6.07, 6.45) is 15.6. The maximum Gasteiger partial charge on any atom is 0.704 e. The molecule has 1 saturated heterocycles. The molecule has 376 valence electrons. The molecule has 3 heterocycles. The first-order valence-electron chi connectivity index (χ1n) is 28.0. The van der Waals surface area contributed by atoms with E-state index in [4.69, 9.17) is 9.47 Å². The van der Waals surface area contributed by atoms with Crippen LogP contribution in [0, 0.1) is 13.8 Å². The van der Waals surface area contributed by atoms with Gasteiger partial charge in [-0.05, 0) is 168 Å². The second-order valence-corrected chi connectivity index (χ2v) is 21.5. The second-order valence-electron chi connectivity index (χ2n) is 21.5. The predicted molar refractivity (Wildman–Crippen MR) is 306 cm³/mol. The zero-order chi connectivity index (χ0) is 50.9. The zero-order valence-electron chi connectivity index (χ0n) is 44.3. The first-order valence-corrected chi connectivity index (χ1v) is 28.0. The van der Waals surface area contributed by atoms with Gasteiger partial charge in [-0.3, -0.25) is 9.80 Å². The minimum absolute atomic E-state index is 0.250. The summed E-state index contributed by atoms with van der Waals surface area (Å²) in [6.45, 7) is 10.9. The van der Waals surface area contributed by atoms with Crippen LogP contribution >= 0.6 is 0 Å². The highest BCUT2D eigenvalue weighted by molar-refractivity contribution is 5.89. The molecule has 8 aromatic rings. The normalized spacial score (nSPS) is 18.2. The molecule has 2 N–H and O–H groups in total. The standard InChI is InChI=1S/C69H70N4O2/c1-5-23-51-25-21-26-52(24-6-2)65(51)55-43-49(3)67-57(45-55)47-72-63-37-19-20-38-64(63)73-48-58-46-56(44-50(4)68(58)75-69(72,73)74-67)66-53(39-41-70(59-29-11-7-12-30-59)60-31-13-8-14-32-60)27-22-28-54(66)40-42-71(61-33-15-9-16-34-61)62-35-17-10-18-36-62/h7-18,21-22,25-36,43-48,63-64H,5-6,19-20,23-24,37-42H2,1-4H3/q+2/p+2. The van der Waals surface area contributed by atoms with Crippen molar-refractivity contribution in [3.8, 4) is 33.8 Å². The quantitative estimate of drug-likeness (QED) is 0.0946. The SMILES string of the molecule is CCCc1cccc(CCC)c1-c1cc(C)c2c(c1)C=[N+]1C3CCCCC3[N+]3=Cc4cc(-c5c(CC[NH+](c6ccccc6)c6ccccc6)cccc5CC[NH+](c5ccccc5)c5ccccc5)cc(C)c4OC13O2. The van der Waals surface area contributed by atoms with Crippen molar-refractivity contribution in [2.75, 3.05) is 13.1 Å². The first-order chi connectivity index (χ1) is 36.9. The van der Waals surface area contributed by atoms with Crippen molar-refractivity contribution in [2.24, 2.45) is 0 Å². The van der Waals surface area contributed by atoms with Crippen molar-refractivity contribution in [1.82, 2.24) is 0 Å². The number of nitrogens with one attached hydrogen (secondary N) is 2. The summed E-state index contributed by atoms with van der Waals surface area (Å²) in [5.41, 5.74) is 20.5. The Bertz CT molecular complexity index is 3200. The summed E-state index contributed by atoms with van der Waals surface area (Å²) in [6, 6.07) is 66.8. The lowest BCUT2D eigenvalue weighted by Gasteiger charge is -2.30. The zero-order valence-corrected chi connectivity index (χ0v) is 44.3. The van der Waals surface area contributed by atoms with E-state index in [0.29, 0.717) is 0 Å². The van der Waals surface area contributed by atoms with E-state index in [1.807, 2.05) is 0 Å². The van der Waals surface area contributed by atoms with Crippen LogP contribution in [-0.2, 0) is 25.7 Å². The Kier molecular flexibility index (Phi) is 13.7. The lowest BCUT2D eigenvalue weighted by atomic mass is 9.88. The molecule has 1 spiro atoms. The number of aryl methyl sites for hydroxylation is 4. The number of ether oxygens (including phenoxy) is 2. The van der Waals surface area contributed by atoms with Crippen LogP contribution in [0.1, 0.15) is 96.9 Å². The van der Waals surface area contributed by atoms with Crippen molar-refractivity contribution in [3.63, 3.8) is 0 Å². The smallest absolute Gasteiger partial charge is 0.340 e. The number of benzene rings is 8. The molecule has 0 radical (unpaired) electrons. The Morgan fingerprint density at radius 2 is 0.787 bits per heavy atom. The van der Waals surface area contributed by atoms with Crippen LogP contribution in [0.3, 0.4) is 0 Å². The minimum atomic E-state index is -1.11. The highest BCUT2D eigenvalue weighted by atomic mass is 16.7. The van der Waals surface area contributed by atoms with Crippen LogP contribution in [-0.4, -0.2) is 52.8 Å². The summed E-state index contributed by atoms with van der Waals surface area (Å²) in [5.74, 6) is 1.81. The second kappa shape index (κ2) is 21.1. The van der Waals surface area contributed by atoms with Crippen LogP contribution in [0.4, 0.5) is 22.7 Å². The van der Waals surface area contributed by atoms with Gasteiger partial charge in [-0.1, -0.05) is 145 Å². The Hall–Kier alpha value is -7.38. The van der Waals surface area contributed by atoms with Crippen molar-refractivity contribution < 1.29 is 28.4 Å². The molecular formula is C69H72N4O2+4. The number of hydrogen-bond acceptors (Lipinski definition) is 2. The molecule has 0 amide bonds. The molecular weight excluding hydrogens is 917 g/mol. The largest absolute Gasteiger partial charge is 0.704 e. The van der Waals surface area contributed by atoms with Crippen LogP contribution in [0.25, 0.3) is 22.3 Å². The van der Waals surface area contributed by atoms with Crippen molar-refractivity contribution >= 4 is 35.2 Å². The Morgan fingerprint density at radius 1 is 0.440 bits per heavy atom. The van der Waals surface area contributed by atoms with E-state index in [1.54, 1.807) is 0 Å². The van der Waals surface area contributed by atoms with Gasteiger partial charge in [0.05, 0.1) is 24.2 Å². The maximum absolute atomic E-state index is 7.56. The lowest BCUT2D eigenvalue weighted by Crippen LogP contribution is -3.02. The molecule has 0 aromatic heterocycles. The number of nitrogens with zero attached hydrogens (tertiary/aromatic N) is 2. The predicted octanol–water partition coefficient (Wildman–Crippen LogP) is 13.0. The highest BCUT2D eigenvalue weighted by Gasteiger charge is 2.76. The minimum Gasteiger partial charge on any atom is -0.340 e. The van der Waals surface area contributed by atoms with Crippen LogP contribution in [0.15, 0.2) is 182 Å². The van der Waals surface area contributed by atoms with Gasteiger partial charge in [-0.25, -0.2) is 0 Å². The topological polar surface area (TPSA) is 33.4 Å². The summed E-state index contributed by atoms with van der Waals surface area (Å²) < 4.78 is 20.0. The molecule has 12 rings (SSSR count). The van der Waals surface area contributed by atoms with Gasteiger partial charge in [0.25, 0.3) is 0 Å². The van der Waals surface area contributed by atoms with Gasteiger partial charge in [0.2, 0.25) is 12.1 Å². The number of rotatable bonds is 16. The van der Waals surface area contributed by atoms with E-state index in [0.717, 1.165) is 98.2 Å². The fourth-order valence-electron chi connectivity index (χ4n) is 13.2. The van der Waals surface area contributed by atoms with E-state index in [9.17, 15) is 0 Å². The number of fused-ring (bicyclic) bond motifs is 5. The van der Waals surface area contributed by atoms with Gasteiger partial charge in [-0.15, -0.1) is 0 Å². The van der Waals surface area contributed by atoms with Crippen LogP contribution in [0.5, 0.6) is 11.5 Å². The van der Waals surface area contributed by atoms with Gasteiger partial charge < -0.3 is 9.47 Å². The third-order valence-corrected chi connectivity index (χ3v) is 16.6. The molecule has 4 aliphatic rings. The molecule has 3 unspecified atom stereocenters. The van der Waals surface area contributed by atoms with E-state index < -0.39 is 6.03 Å². The fourth-order valence-corrected chi connectivity index (χ4v) is 13.2. The molecule has 6 nitrogen and oxygen atoms in total. The van der Waals surface area contributed by atoms with E-state index >= 15 is 0 Å². The third kappa shape index (κ3) is 9.23. The van der Waals surface area contributed by atoms with Gasteiger partial charge in [-0.2, -0.15) is 0 Å². The number of quaternary nitrogens is 2. The average Bonchev–Trinajstić information content (AvgIpc) is 3.72. The third-order valence-electron chi connectivity index (χ3n) is 16.6. The first kappa shape index (κ1) is 48.6. The molecule has 1 aliphatic carbocycles. The van der Waals surface area contributed by atoms with E-state index in [2.05, 4.69) is 231 Å². The summed E-state index contributed by atoms with van der Waals surface area (Å²) >= 11 is 0. The molecule has 1 saturated carbocycles. The molecule has 3 atom stereocenters. The molecule has 3 aliphatic heterocycles. The fraction of sp³-hybridized carbons (Fsp3) is 0.275. The Labute approximate surface area is 444 Å². The maximum atomic E-state index is 7.56. The summed E-state index contributed by atoms with van der Waals surface area (Å²) in [4.78, 5) is 2.73. The van der Waals surface area contributed by atoms with Gasteiger partial charge in [0.15, 0.2) is 23.9 Å². The summed E-state index contributed by atoms with van der Waals surface area (Å²) in [5, 5.41) is 0. The van der Waals surface area contributed by atoms with Gasteiger partial charge in [0.1, 0.15) is 22.7 Å². The van der Waals surface area contributed by atoms with Crippen molar-refractivity contribution in [2.45, 2.75) is 110 Å². The molecule has 75 heavy (non-hydrogen) atoms. The lowest BCUT2D eigenvalue weighted by molar-refractivity contribution is -0.866. The monoisotopic (exact) mass is 989 g/mol. The summed E-state index contributed by atoms with van der Waals surface area (Å²) in [7, 11) is 0. The number of hydrogen-bond donors (Lipinski definition) is 2. The highest BCUT2D eigenvalue weighted by Crippen LogP contribution is 2.48. The van der Waals surface area contributed by atoms with Gasteiger partial charge >= 0.3 is 6.03 Å². The van der Waals surface area contributed by atoms with E-state index in [-0.39, 0.29) is 12.1 Å². The average molecular weight is 989 g/mol. The van der Waals surface area contributed by atoms with Gasteiger partial charge in [0, 0.05) is 25.7 Å². The Morgan fingerprint density at radius 3 is 1.13 bits per heavy atom.